The van der Waals surface area contributed by atoms with Crippen molar-refractivity contribution in [1.29, 1.82) is 0 Å². The molecule has 1 aromatic heterocycles. The van der Waals surface area contributed by atoms with Crippen molar-refractivity contribution in [1.82, 2.24) is 14.9 Å². The Morgan fingerprint density at radius 2 is 1.93 bits per heavy atom. The molecule has 2 aliphatic heterocycles. The van der Waals surface area contributed by atoms with Crippen LogP contribution in [0.4, 0.5) is 0 Å². The van der Waals surface area contributed by atoms with E-state index in [1.807, 2.05) is 27.7 Å². The van der Waals surface area contributed by atoms with Crippen LogP contribution in [0.1, 0.15) is 40.5 Å². The highest BCUT2D eigenvalue weighted by Gasteiger charge is 2.51. The zero-order chi connectivity index (χ0) is 19.7. The molecule has 3 heterocycles. The van der Waals surface area contributed by atoms with Gasteiger partial charge in [-0.1, -0.05) is 0 Å². The average molecular weight is 396 g/mol. The molecule has 148 valence electrons. The van der Waals surface area contributed by atoms with Crippen molar-refractivity contribution in [2.24, 2.45) is 5.92 Å². The summed E-state index contributed by atoms with van der Waals surface area (Å²) >= 11 is 5.65. The Hall–Kier alpha value is -1.38. The van der Waals surface area contributed by atoms with Crippen molar-refractivity contribution in [3.8, 4) is 6.01 Å². The molecule has 2 aliphatic rings. The van der Waals surface area contributed by atoms with Crippen LogP contribution >= 0.6 is 11.6 Å². The van der Waals surface area contributed by atoms with E-state index in [1.165, 1.54) is 0 Å². The fraction of sp³-hybridized carbons (Fsp3) is 0.722. The molecule has 7 nitrogen and oxygen atoms in total. The normalized spacial score (nSPS) is 24.1. The summed E-state index contributed by atoms with van der Waals surface area (Å²) in [5, 5.41) is 0. The van der Waals surface area contributed by atoms with Gasteiger partial charge in [0.05, 0.1) is 17.8 Å². The first kappa shape index (κ1) is 20.4. The maximum atomic E-state index is 11.7. The molecule has 0 spiro atoms. The fourth-order valence-corrected chi connectivity index (χ4v) is 3.38. The van der Waals surface area contributed by atoms with Gasteiger partial charge in [-0.05, 0) is 40.5 Å². The molecular weight excluding hydrogens is 368 g/mol. The lowest BCUT2D eigenvalue weighted by atomic mass is 9.81. The van der Waals surface area contributed by atoms with Crippen LogP contribution in [0.15, 0.2) is 12.4 Å². The molecule has 2 fully saturated rings. The van der Waals surface area contributed by atoms with E-state index in [0.717, 1.165) is 24.8 Å². The smallest absolute Gasteiger partial charge is 0.463 e. The number of amides is 1. The molecule has 0 aromatic carbocycles. The summed E-state index contributed by atoms with van der Waals surface area (Å²) in [4.78, 5) is 22.1. The van der Waals surface area contributed by atoms with E-state index in [-0.39, 0.29) is 17.7 Å². The number of alkyl halides is 1. The number of hydrogen-bond acceptors (Lipinski definition) is 6. The molecule has 1 aromatic rings. The van der Waals surface area contributed by atoms with Gasteiger partial charge in [-0.25, -0.2) is 9.97 Å². The first-order valence-electron chi connectivity index (χ1n) is 9.36. The minimum Gasteiger partial charge on any atom is -0.463 e. The number of halogens is 1. The minimum atomic E-state index is -0.488. The quantitative estimate of drug-likeness (QED) is 0.557. The van der Waals surface area contributed by atoms with Gasteiger partial charge in [0.25, 0.3) is 0 Å². The van der Waals surface area contributed by atoms with Crippen molar-refractivity contribution in [2.45, 2.75) is 51.7 Å². The highest BCUT2D eigenvalue weighted by molar-refractivity contribution is 6.61. The van der Waals surface area contributed by atoms with Crippen molar-refractivity contribution in [3.05, 3.63) is 12.4 Å². The van der Waals surface area contributed by atoms with Crippen LogP contribution in [0, 0.1) is 5.92 Å². The summed E-state index contributed by atoms with van der Waals surface area (Å²) in [6.45, 7) is 9.93. The molecule has 0 N–H and O–H groups in total. The number of aromatic nitrogens is 2. The molecule has 0 radical (unpaired) electrons. The van der Waals surface area contributed by atoms with Crippen LogP contribution in [0.5, 0.6) is 6.01 Å². The van der Waals surface area contributed by atoms with Crippen molar-refractivity contribution in [2.75, 3.05) is 25.6 Å². The molecule has 27 heavy (non-hydrogen) atoms. The summed E-state index contributed by atoms with van der Waals surface area (Å²) in [6.07, 6.45) is 5.32. The van der Waals surface area contributed by atoms with E-state index in [9.17, 15) is 4.79 Å². The van der Waals surface area contributed by atoms with Crippen LogP contribution in [0.25, 0.3) is 0 Å². The maximum absolute atomic E-state index is 11.7. The van der Waals surface area contributed by atoms with Gasteiger partial charge in [0.1, 0.15) is 5.88 Å². The van der Waals surface area contributed by atoms with Gasteiger partial charge in [0.15, 0.2) is 0 Å². The van der Waals surface area contributed by atoms with Crippen LogP contribution < -0.4 is 10.2 Å². The van der Waals surface area contributed by atoms with Gasteiger partial charge in [0, 0.05) is 36.9 Å². The van der Waals surface area contributed by atoms with E-state index in [2.05, 4.69) is 9.97 Å². The van der Waals surface area contributed by atoms with Crippen LogP contribution in [-0.4, -0.2) is 64.7 Å². The number of rotatable bonds is 5. The first-order valence-corrected chi connectivity index (χ1v) is 9.89. The van der Waals surface area contributed by atoms with E-state index in [1.54, 1.807) is 17.3 Å². The average Bonchev–Trinajstić information content (AvgIpc) is 2.87. The number of piperidine rings is 1. The fourth-order valence-electron chi connectivity index (χ4n) is 3.21. The third-order valence-electron chi connectivity index (χ3n) is 5.61. The molecule has 0 saturated carbocycles. The maximum Gasteiger partial charge on any atom is 0.498 e. The van der Waals surface area contributed by atoms with E-state index in [0.29, 0.717) is 19.2 Å². The molecule has 0 unspecified atom stereocenters. The second kappa shape index (κ2) is 7.93. The molecule has 1 amide bonds. The van der Waals surface area contributed by atoms with Crippen molar-refractivity contribution in [3.63, 3.8) is 0 Å². The summed E-state index contributed by atoms with van der Waals surface area (Å²) in [6, 6.07) is 0.316. The second-order valence-corrected chi connectivity index (χ2v) is 8.45. The second-order valence-electron chi connectivity index (χ2n) is 8.18. The number of nitrogens with zero attached hydrogens (tertiary/aromatic N) is 3. The Morgan fingerprint density at radius 1 is 1.30 bits per heavy atom. The summed E-state index contributed by atoms with van der Waals surface area (Å²) in [5.41, 5.74) is -0.0436. The standard InChI is InChI=1S/C18H27BClN3O4/c1-17(2)18(3,4)27-19(26-17)14-9-21-16(22-10-14)25-12-13-6-5-7-23(11-13)15(24)8-20/h9-10,13H,5-8,11-12H2,1-4H3/t13-/m0/s1. The lowest BCUT2D eigenvalue weighted by Gasteiger charge is -2.32. The third-order valence-corrected chi connectivity index (χ3v) is 5.84. The number of carbonyl (C=O) groups excluding carboxylic acids is 1. The predicted octanol–water partition coefficient (Wildman–Crippen LogP) is 1.63. The zero-order valence-corrected chi connectivity index (χ0v) is 17.2. The molecule has 1 atom stereocenters. The Bertz CT molecular complexity index is 655. The lowest BCUT2D eigenvalue weighted by molar-refractivity contribution is -0.130. The summed E-state index contributed by atoms with van der Waals surface area (Å²) in [7, 11) is -0.488. The molecule has 2 saturated heterocycles. The largest absolute Gasteiger partial charge is 0.498 e. The molecule has 0 bridgehead atoms. The summed E-state index contributed by atoms with van der Waals surface area (Å²) < 4.78 is 17.7. The number of likely N-dealkylation sites (tertiary alicyclic amines) is 1. The lowest BCUT2D eigenvalue weighted by Crippen LogP contribution is -2.42. The van der Waals surface area contributed by atoms with E-state index >= 15 is 0 Å². The van der Waals surface area contributed by atoms with Gasteiger partial charge in [0.2, 0.25) is 5.91 Å². The molecule has 9 heteroatoms. The van der Waals surface area contributed by atoms with Gasteiger partial charge in [-0.2, -0.15) is 0 Å². The Balaban J connectivity index is 1.53. The Labute approximate surface area is 165 Å². The Kier molecular flexibility index (Phi) is 5.98. The Morgan fingerprint density at radius 3 is 2.52 bits per heavy atom. The van der Waals surface area contributed by atoms with Gasteiger partial charge < -0.3 is 18.9 Å². The monoisotopic (exact) mass is 395 g/mol. The van der Waals surface area contributed by atoms with Crippen LogP contribution in [0.2, 0.25) is 0 Å². The number of carbonyl (C=O) groups is 1. The SMILES string of the molecule is CC1(C)OB(c2cnc(OC[C@H]3CCCN(C(=O)CCl)C3)nc2)OC1(C)C. The van der Waals surface area contributed by atoms with E-state index in [4.69, 9.17) is 25.6 Å². The minimum absolute atomic E-state index is 0.0237. The topological polar surface area (TPSA) is 73.8 Å². The van der Waals surface area contributed by atoms with Crippen LogP contribution in [0.3, 0.4) is 0 Å². The summed E-state index contributed by atoms with van der Waals surface area (Å²) in [5.74, 6) is 0.263. The zero-order valence-electron chi connectivity index (χ0n) is 16.4. The van der Waals surface area contributed by atoms with Gasteiger partial charge >= 0.3 is 13.1 Å². The van der Waals surface area contributed by atoms with Gasteiger partial charge in [-0.15, -0.1) is 11.6 Å². The number of ether oxygens (including phenoxy) is 1. The van der Waals surface area contributed by atoms with Crippen molar-refractivity contribution >= 4 is 30.1 Å². The third kappa shape index (κ3) is 4.55. The van der Waals surface area contributed by atoms with Crippen LogP contribution in [-0.2, 0) is 14.1 Å². The number of hydrogen-bond donors (Lipinski definition) is 0. The van der Waals surface area contributed by atoms with Crippen molar-refractivity contribution < 1.29 is 18.8 Å². The van der Waals surface area contributed by atoms with E-state index < -0.39 is 18.3 Å². The highest BCUT2D eigenvalue weighted by Crippen LogP contribution is 2.36. The molecular formula is C18H27BClN3O4. The molecule has 0 aliphatic carbocycles. The molecule has 3 rings (SSSR count). The van der Waals surface area contributed by atoms with Gasteiger partial charge in [-0.3, -0.25) is 4.79 Å². The first-order chi connectivity index (χ1) is 12.7. The predicted molar refractivity (Wildman–Crippen MR) is 103 cm³/mol. The highest BCUT2D eigenvalue weighted by atomic mass is 35.5.